The Morgan fingerprint density at radius 3 is 2.49 bits per heavy atom. The summed E-state index contributed by atoms with van der Waals surface area (Å²) in [6, 6.07) is 17.4. The van der Waals surface area contributed by atoms with Gasteiger partial charge < -0.3 is 19.4 Å². The average Bonchev–Trinajstić information content (AvgIpc) is 3.13. The van der Waals surface area contributed by atoms with Gasteiger partial charge in [0.25, 0.3) is 5.91 Å². The van der Waals surface area contributed by atoms with Crippen LogP contribution in [0, 0.1) is 0 Å². The molecule has 2 aromatic rings. The Bertz CT molecular complexity index is 1090. The lowest BCUT2D eigenvalue weighted by molar-refractivity contribution is -0.137. The van der Waals surface area contributed by atoms with Crippen LogP contribution in [0.4, 0.5) is 10.5 Å². The number of likely N-dealkylation sites (N-methyl/N-ethyl adjacent to an activating group) is 1. The molecule has 0 aromatic heterocycles. The summed E-state index contributed by atoms with van der Waals surface area (Å²) < 4.78 is 5.60. The summed E-state index contributed by atoms with van der Waals surface area (Å²) in [5, 5.41) is 0. The molecule has 8 nitrogen and oxygen atoms in total. The second kappa shape index (κ2) is 9.98. The van der Waals surface area contributed by atoms with Crippen LogP contribution in [0.1, 0.15) is 31.7 Å². The minimum atomic E-state index is -0.501. The quantitative estimate of drug-likeness (QED) is 0.612. The fraction of sp³-hybridized carbons (Fsp3) is 0.444. The number of guanidine groups is 1. The molecule has 3 aliphatic heterocycles. The van der Waals surface area contributed by atoms with Gasteiger partial charge in [0.2, 0.25) is 5.96 Å². The van der Waals surface area contributed by atoms with E-state index in [1.54, 1.807) is 11.9 Å². The van der Waals surface area contributed by atoms with Gasteiger partial charge in [-0.1, -0.05) is 30.3 Å². The molecule has 2 fully saturated rings. The number of urea groups is 1. The van der Waals surface area contributed by atoms with E-state index in [9.17, 15) is 9.59 Å². The minimum absolute atomic E-state index is 0.140. The van der Waals surface area contributed by atoms with Gasteiger partial charge in [-0.2, -0.15) is 0 Å². The molecule has 184 valence electrons. The Morgan fingerprint density at radius 1 is 1.00 bits per heavy atom. The molecule has 0 radical (unpaired) electrons. The number of rotatable bonds is 7. The molecule has 2 unspecified atom stereocenters. The molecular weight excluding hydrogens is 442 g/mol. The van der Waals surface area contributed by atoms with E-state index >= 15 is 0 Å². The minimum Gasteiger partial charge on any atom is -0.494 e. The van der Waals surface area contributed by atoms with Crippen molar-refractivity contribution >= 4 is 23.6 Å². The zero-order valence-corrected chi connectivity index (χ0v) is 20.5. The number of nitrogens with zero attached hydrogens (tertiary/aromatic N) is 5. The zero-order valence-electron chi connectivity index (χ0n) is 20.5. The number of aryl methyl sites for hydroxylation is 1. The molecule has 3 amide bonds. The van der Waals surface area contributed by atoms with Gasteiger partial charge in [-0.3, -0.25) is 9.69 Å². The van der Waals surface area contributed by atoms with Crippen LogP contribution in [0.25, 0.3) is 0 Å². The summed E-state index contributed by atoms with van der Waals surface area (Å²) in [6.45, 7) is 4.56. The van der Waals surface area contributed by atoms with Crippen LogP contribution < -0.4 is 9.64 Å². The van der Waals surface area contributed by atoms with Gasteiger partial charge in [-0.05, 0) is 62.4 Å². The van der Waals surface area contributed by atoms with Crippen molar-refractivity contribution in [1.29, 1.82) is 0 Å². The van der Waals surface area contributed by atoms with E-state index in [4.69, 9.17) is 9.73 Å². The first-order valence-electron chi connectivity index (χ1n) is 12.6. The molecule has 5 rings (SSSR count). The summed E-state index contributed by atoms with van der Waals surface area (Å²) in [7, 11) is 1.76. The van der Waals surface area contributed by atoms with E-state index < -0.39 is 12.2 Å². The highest BCUT2D eigenvalue weighted by molar-refractivity contribution is 6.07. The Hall–Kier alpha value is -3.55. The highest BCUT2D eigenvalue weighted by atomic mass is 16.5. The first-order valence-corrected chi connectivity index (χ1v) is 12.6. The number of carbonyl (C=O) groups excluding carboxylic acids is 2. The predicted octanol–water partition coefficient (Wildman–Crippen LogP) is 3.58. The number of amides is 3. The van der Waals surface area contributed by atoms with E-state index in [0.717, 1.165) is 56.2 Å². The number of ether oxygens (including phenoxy) is 1. The van der Waals surface area contributed by atoms with E-state index in [1.807, 2.05) is 49.4 Å². The molecule has 35 heavy (non-hydrogen) atoms. The molecule has 2 aromatic carbocycles. The van der Waals surface area contributed by atoms with Crippen LogP contribution in [-0.2, 0) is 11.2 Å². The Morgan fingerprint density at radius 2 is 1.74 bits per heavy atom. The van der Waals surface area contributed by atoms with Crippen molar-refractivity contribution in [2.45, 2.75) is 44.8 Å². The Labute approximate surface area is 206 Å². The van der Waals surface area contributed by atoms with Gasteiger partial charge in [0, 0.05) is 32.4 Å². The Balaban J connectivity index is 1.35. The molecule has 0 aliphatic carbocycles. The second-order valence-electron chi connectivity index (χ2n) is 9.24. The van der Waals surface area contributed by atoms with Crippen LogP contribution in [0.3, 0.4) is 0 Å². The average molecular weight is 476 g/mol. The normalized spacial score (nSPS) is 22.1. The van der Waals surface area contributed by atoms with Crippen molar-refractivity contribution in [3.8, 4) is 5.75 Å². The molecule has 0 bridgehead atoms. The zero-order chi connectivity index (χ0) is 24.4. The molecule has 2 saturated heterocycles. The molecule has 8 heteroatoms. The highest BCUT2D eigenvalue weighted by Crippen LogP contribution is 2.33. The van der Waals surface area contributed by atoms with Crippen molar-refractivity contribution in [2.24, 2.45) is 4.99 Å². The Kier molecular flexibility index (Phi) is 6.61. The monoisotopic (exact) mass is 475 g/mol. The summed E-state index contributed by atoms with van der Waals surface area (Å²) >= 11 is 0. The topological polar surface area (TPSA) is 68.7 Å². The third-order valence-corrected chi connectivity index (χ3v) is 6.99. The van der Waals surface area contributed by atoms with Gasteiger partial charge >= 0.3 is 6.03 Å². The number of carbonyl (C=O) groups is 2. The maximum absolute atomic E-state index is 13.7. The summed E-state index contributed by atoms with van der Waals surface area (Å²) in [5.41, 5.74) is 2.22. The van der Waals surface area contributed by atoms with Gasteiger partial charge in [-0.25, -0.2) is 9.79 Å². The third-order valence-electron chi connectivity index (χ3n) is 6.99. The molecular formula is C27H33N5O3. The lowest BCUT2D eigenvalue weighted by atomic mass is 10.1. The summed E-state index contributed by atoms with van der Waals surface area (Å²) in [6.07, 6.45) is 3.03. The largest absolute Gasteiger partial charge is 0.494 e. The number of fused-ring (bicyclic) bond motifs is 3. The first-order chi connectivity index (χ1) is 17.1. The van der Waals surface area contributed by atoms with Crippen LogP contribution in [-0.4, -0.2) is 78.1 Å². The maximum atomic E-state index is 13.7. The van der Waals surface area contributed by atoms with Crippen LogP contribution >= 0.6 is 0 Å². The SMILES string of the molecule is CCOc1ccc(N2CCCCN3C2=NC2C3C(=O)N(CCCc3ccccc3)C(=O)N2C)cc1. The number of hydrogen-bond acceptors (Lipinski definition) is 6. The predicted molar refractivity (Wildman–Crippen MR) is 136 cm³/mol. The fourth-order valence-corrected chi connectivity index (χ4v) is 5.21. The third kappa shape index (κ3) is 4.45. The van der Waals surface area contributed by atoms with Crippen molar-refractivity contribution in [2.75, 3.05) is 38.2 Å². The molecule has 0 N–H and O–H groups in total. The lowest BCUT2D eigenvalue weighted by Gasteiger charge is -2.41. The number of benzene rings is 2. The van der Waals surface area contributed by atoms with Crippen molar-refractivity contribution < 1.29 is 14.3 Å². The number of aliphatic imine (C=N–C) groups is 1. The fourth-order valence-electron chi connectivity index (χ4n) is 5.21. The molecule has 2 atom stereocenters. The maximum Gasteiger partial charge on any atom is 0.328 e. The van der Waals surface area contributed by atoms with E-state index in [1.165, 1.54) is 10.5 Å². The number of anilines is 1. The van der Waals surface area contributed by atoms with Gasteiger partial charge in [-0.15, -0.1) is 0 Å². The standard InChI is InChI=1S/C27H33N5O3/c1-3-35-22-15-13-21(14-16-22)30-17-7-8-18-31-23-24(28-26(30)31)29(2)27(34)32(25(23)33)19-9-12-20-10-5-4-6-11-20/h4-6,10-11,13-16,23-24H,3,7-9,12,17-19H2,1-2H3. The van der Waals surface area contributed by atoms with Gasteiger partial charge in [0.15, 0.2) is 12.2 Å². The van der Waals surface area contributed by atoms with E-state index in [0.29, 0.717) is 13.2 Å². The van der Waals surface area contributed by atoms with Crippen molar-refractivity contribution in [3.05, 3.63) is 60.2 Å². The summed E-state index contributed by atoms with van der Waals surface area (Å²) in [5.74, 6) is 1.47. The molecule has 3 aliphatic rings. The van der Waals surface area contributed by atoms with Crippen molar-refractivity contribution in [1.82, 2.24) is 14.7 Å². The smallest absolute Gasteiger partial charge is 0.328 e. The molecule has 3 heterocycles. The van der Waals surface area contributed by atoms with Gasteiger partial charge in [0.05, 0.1) is 6.61 Å². The van der Waals surface area contributed by atoms with E-state index in [-0.39, 0.29) is 11.9 Å². The van der Waals surface area contributed by atoms with Crippen molar-refractivity contribution in [3.63, 3.8) is 0 Å². The van der Waals surface area contributed by atoms with Crippen LogP contribution in [0.15, 0.2) is 59.6 Å². The lowest BCUT2D eigenvalue weighted by Crippen LogP contribution is -2.65. The number of hydrogen-bond donors (Lipinski definition) is 0. The first kappa shape index (κ1) is 23.2. The highest BCUT2D eigenvalue weighted by Gasteiger charge is 2.53. The van der Waals surface area contributed by atoms with E-state index in [2.05, 4.69) is 21.9 Å². The number of imide groups is 1. The van der Waals surface area contributed by atoms with Crippen LogP contribution in [0.2, 0.25) is 0 Å². The molecule has 0 saturated carbocycles. The molecule has 0 spiro atoms. The van der Waals surface area contributed by atoms with Gasteiger partial charge in [0.1, 0.15) is 5.75 Å². The summed E-state index contributed by atoms with van der Waals surface area (Å²) in [4.78, 5) is 39.1. The second-order valence-corrected chi connectivity index (χ2v) is 9.24. The van der Waals surface area contributed by atoms with Crippen LogP contribution in [0.5, 0.6) is 5.75 Å².